The summed E-state index contributed by atoms with van der Waals surface area (Å²) in [6.45, 7) is 3.86. The van der Waals surface area contributed by atoms with Crippen molar-refractivity contribution in [3.63, 3.8) is 0 Å². The van der Waals surface area contributed by atoms with Gasteiger partial charge in [0.2, 0.25) is 0 Å². The maximum atomic E-state index is 12.4. The van der Waals surface area contributed by atoms with E-state index in [1.54, 1.807) is 12.1 Å². The molecule has 0 bridgehead atoms. The molecule has 1 aromatic carbocycles. The zero-order chi connectivity index (χ0) is 14.4. The molecule has 1 aromatic rings. The summed E-state index contributed by atoms with van der Waals surface area (Å²) in [5.41, 5.74) is 1.57. The molecule has 1 amide bonds. The smallest absolute Gasteiger partial charge is 0.255 e. The minimum absolute atomic E-state index is 0.273. The lowest BCUT2D eigenvalue weighted by atomic mass is 10.0. The van der Waals surface area contributed by atoms with Crippen LogP contribution in [-0.4, -0.2) is 35.7 Å². The van der Waals surface area contributed by atoms with Crippen molar-refractivity contribution < 1.29 is 13.6 Å². The van der Waals surface area contributed by atoms with E-state index in [2.05, 4.69) is 29.8 Å². The second-order valence-corrected chi connectivity index (χ2v) is 5.40. The Labute approximate surface area is 120 Å². The second-order valence-electron chi connectivity index (χ2n) is 4.61. The molecule has 0 spiro atoms. The van der Waals surface area contributed by atoms with Crippen molar-refractivity contribution in [3.05, 3.63) is 35.4 Å². The average Bonchev–Trinajstić information content (AvgIpc) is 2.37. The third-order valence-corrected chi connectivity index (χ3v) is 3.18. The molecule has 0 saturated heterocycles. The topological polar surface area (TPSA) is 20.3 Å². The largest absolute Gasteiger partial charge is 0.332 e. The summed E-state index contributed by atoms with van der Waals surface area (Å²) in [6.07, 6.45) is -2.52. The highest BCUT2D eigenvalue weighted by Gasteiger charge is 2.19. The molecule has 0 aliphatic carbocycles. The number of alkyl halides is 3. The Balaban J connectivity index is 2.83. The van der Waals surface area contributed by atoms with Crippen LogP contribution < -0.4 is 0 Å². The van der Waals surface area contributed by atoms with Crippen LogP contribution in [0, 0.1) is 0 Å². The molecule has 0 fully saturated rings. The lowest BCUT2D eigenvalue weighted by Crippen LogP contribution is -2.36. The van der Waals surface area contributed by atoms with Crippen molar-refractivity contribution in [2.24, 2.45) is 0 Å². The monoisotopic (exact) mass is 333 g/mol. The van der Waals surface area contributed by atoms with Gasteiger partial charge in [0.25, 0.3) is 12.3 Å². The van der Waals surface area contributed by atoms with Gasteiger partial charge in [0, 0.05) is 17.4 Å². The Morgan fingerprint density at radius 1 is 1.26 bits per heavy atom. The van der Waals surface area contributed by atoms with Crippen LogP contribution >= 0.6 is 15.9 Å². The number of carbonyl (C=O) groups is 1. The van der Waals surface area contributed by atoms with E-state index in [9.17, 15) is 13.6 Å². The van der Waals surface area contributed by atoms with E-state index in [4.69, 9.17) is 0 Å². The molecule has 2 nitrogen and oxygen atoms in total. The van der Waals surface area contributed by atoms with Crippen LogP contribution in [0.5, 0.6) is 0 Å². The van der Waals surface area contributed by atoms with Gasteiger partial charge in [0.15, 0.2) is 0 Å². The molecule has 0 atom stereocenters. The lowest BCUT2D eigenvalue weighted by molar-refractivity contribution is 0.0572. The molecular weight excluding hydrogens is 316 g/mol. The summed E-state index contributed by atoms with van der Waals surface area (Å²) in [5.74, 6) is 0.0268. The number of hydrogen-bond acceptors (Lipinski definition) is 1. The van der Waals surface area contributed by atoms with E-state index in [-0.39, 0.29) is 12.5 Å². The highest BCUT2D eigenvalue weighted by atomic mass is 79.9. The number of benzene rings is 1. The third-order valence-electron chi connectivity index (χ3n) is 2.82. The molecule has 5 heteroatoms. The van der Waals surface area contributed by atoms with Crippen molar-refractivity contribution >= 4 is 21.8 Å². The molecule has 19 heavy (non-hydrogen) atoms. The molecule has 0 radical (unpaired) electrons. The molecule has 0 heterocycles. The normalized spacial score (nSPS) is 11.1. The van der Waals surface area contributed by atoms with E-state index >= 15 is 0 Å². The second kappa shape index (κ2) is 7.58. The maximum absolute atomic E-state index is 12.4. The van der Waals surface area contributed by atoms with Gasteiger partial charge in [0.05, 0.1) is 6.54 Å². The molecule has 0 saturated carbocycles. The van der Waals surface area contributed by atoms with Crippen molar-refractivity contribution in [3.8, 4) is 0 Å². The summed E-state index contributed by atoms with van der Waals surface area (Å²) >= 11 is 3.17. The Morgan fingerprint density at radius 2 is 1.84 bits per heavy atom. The maximum Gasteiger partial charge on any atom is 0.255 e. The van der Waals surface area contributed by atoms with E-state index < -0.39 is 13.0 Å². The van der Waals surface area contributed by atoms with Gasteiger partial charge in [-0.15, -0.1) is 0 Å². The fraction of sp³-hybridized carbons (Fsp3) is 0.500. The summed E-state index contributed by atoms with van der Waals surface area (Å²) in [5, 5.41) is 0.482. The highest BCUT2D eigenvalue weighted by Crippen LogP contribution is 2.16. The Bertz CT molecular complexity index is 406. The highest BCUT2D eigenvalue weighted by molar-refractivity contribution is 9.09. The van der Waals surface area contributed by atoms with Gasteiger partial charge in [-0.05, 0) is 23.6 Å². The van der Waals surface area contributed by atoms with Crippen LogP contribution in [0.1, 0.15) is 35.7 Å². The lowest BCUT2D eigenvalue weighted by Gasteiger charge is -2.21. The van der Waals surface area contributed by atoms with Crippen molar-refractivity contribution in [2.45, 2.75) is 26.2 Å². The molecule has 0 N–H and O–H groups in total. The van der Waals surface area contributed by atoms with Gasteiger partial charge in [-0.3, -0.25) is 4.79 Å². The Hall–Kier alpha value is -0.970. The van der Waals surface area contributed by atoms with E-state index in [1.807, 2.05) is 12.1 Å². The van der Waals surface area contributed by atoms with Crippen molar-refractivity contribution in [1.29, 1.82) is 0 Å². The standard InChI is InChI=1S/C14H18BrF2NO/c1-10(2)11-3-5-12(6-4-11)14(19)18(8-7-15)9-13(16)17/h3-6,10,13H,7-9H2,1-2H3. The van der Waals surface area contributed by atoms with E-state index in [0.29, 0.717) is 16.8 Å². The van der Waals surface area contributed by atoms with Gasteiger partial charge >= 0.3 is 0 Å². The number of hydrogen-bond donors (Lipinski definition) is 0. The van der Waals surface area contributed by atoms with Crippen LogP contribution in [0.4, 0.5) is 8.78 Å². The number of halogens is 3. The minimum Gasteiger partial charge on any atom is -0.332 e. The van der Waals surface area contributed by atoms with Crippen LogP contribution in [0.15, 0.2) is 24.3 Å². The molecule has 106 valence electrons. The Morgan fingerprint density at radius 3 is 2.26 bits per heavy atom. The van der Waals surface area contributed by atoms with Gasteiger partial charge in [0.1, 0.15) is 0 Å². The average molecular weight is 334 g/mol. The zero-order valence-electron chi connectivity index (χ0n) is 11.1. The fourth-order valence-corrected chi connectivity index (χ4v) is 2.17. The van der Waals surface area contributed by atoms with Crippen molar-refractivity contribution in [1.82, 2.24) is 4.90 Å². The van der Waals surface area contributed by atoms with Gasteiger partial charge in [-0.25, -0.2) is 8.78 Å². The fourth-order valence-electron chi connectivity index (χ4n) is 1.74. The summed E-state index contributed by atoms with van der Waals surface area (Å²) in [7, 11) is 0. The molecule has 0 aromatic heterocycles. The summed E-state index contributed by atoms with van der Waals surface area (Å²) in [6, 6.07) is 7.13. The van der Waals surface area contributed by atoms with Gasteiger partial charge < -0.3 is 4.90 Å². The summed E-state index contributed by atoms with van der Waals surface area (Å²) in [4.78, 5) is 13.3. The van der Waals surface area contributed by atoms with E-state index in [0.717, 1.165) is 5.56 Å². The minimum atomic E-state index is -2.52. The molecular formula is C14H18BrF2NO. The number of rotatable bonds is 6. The van der Waals surface area contributed by atoms with Crippen LogP contribution in [0.2, 0.25) is 0 Å². The number of amides is 1. The number of nitrogens with zero attached hydrogens (tertiary/aromatic N) is 1. The first kappa shape index (κ1) is 16.1. The zero-order valence-corrected chi connectivity index (χ0v) is 12.7. The predicted molar refractivity (Wildman–Crippen MR) is 76.2 cm³/mol. The molecule has 0 aliphatic rings. The summed E-state index contributed by atoms with van der Waals surface area (Å²) < 4.78 is 24.9. The predicted octanol–water partition coefficient (Wildman–Crippen LogP) is 3.91. The molecule has 0 unspecified atom stereocenters. The Kier molecular flexibility index (Phi) is 6.42. The van der Waals surface area contributed by atoms with Crippen LogP contribution in [0.3, 0.4) is 0 Å². The first-order valence-corrected chi connectivity index (χ1v) is 7.31. The van der Waals surface area contributed by atoms with Gasteiger partial charge in [-0.2, -0.15) is 0 Å². The first-order chi connectivity index (χ1) is 8.95. The van der Waals surface area contributed by atoms with Crippen molar-refractivity contribution in [2.75, 3.05) is 18.4 Å². The van der Waals surface area contributed by atoms with E-state index in [1.165, 1.54) is 4.90 Å². The van der Waals surface area contributed by atoms with Crippen LogP contribution in [-0.2, 0) is 0 Å². The SMILES string of the molecule is CC(C)c1ccc(C(=O)N(CCBr)CC(F)F)cc1. The third kappa shape index (κ3) is 4.90. The first-order valence-electron chi connectivity index (χ1n) is 6.19. The molecule has 0 aliphatic heterocycles. The number of carbonyl (C=O) groups excluding carboxylic acids is 1. The quantitative estimate of drug-likeness (QED) is 0.723. The van der Waals surface area contributed by atoms with Gasteiger partial charge in [-0.1, -0.05) is 41.9 Å². The van der Waals surface area contributed by atoms with Crippen LogP contribution in [0.25, 0.3) is 0 Å². The molecule has 1 rings (SSSR count).